The van der Waals surface area contributed by atoms with Crippen LogP contribution in [0.4, 0.5) is 6.01 Å². The molecular weight excluding hydrogens is 164 g/mol. The highest BCUT2D eigenvalue weighted by molar-refractivity contribution is 5.21. The molecule has 13 heavy (non-hydrogen) atoms. The van der Waals surface area contributed by atoms with Gasteiger partial charge in [0.25, 0.3) is 6.01 Å². The van der Waals surface area contributed by atoms with Crippen LogP contribution in [-0.4, -0.2) is 11.5 Å². The van der Waals surface area contributed by atoms with Crippen molar-refractivity contribution in [1.29, 1.82) is 0 Å². The summed E-state index contributed by atoms with van der Waals surface area (Å²) in [6.07, 6.45) is 7.07. The van der Waals surface area contributed by atoms with Crippen LogP contribution in [0.3, 0.4) is 0 Å². The molecule has 1 aromatic heterocycles. The SMILES string of the molecule is CCNc1ncc(C2CCCC2)o1. The molecule has 0 aliphatic heterocycles. The molecule has 1 fully saturated rings. The molecule has 0 unspecified atom stereocenters. The molecule has 0 amide bonds. The van der Waals surface area contributed by atoms with E-state index in [1.54, 1.807) is 0 Å². The van der Waals surface area contributed by atoms with E-state index in [1.165, 1.54) is 25.7 Å². The van der Waals surface area contributed by atoms with Crippen LogP contribution >= 0.6 is 0 Å². The highest BCUT2D eigenvalue weighted by Crippen LogP contribution is 2.34. The molecule has 1 N–H and O–H groups in total. The van der Waals surface area contributed by atoms with Crippen LogP contribution < -0.4 is 5.32 Å². The minimum atomic E-state index is 0.625. The first-order chi connectivity index (χ1) is 6.40. The van der Waals surface area contributed by atoms with Gasteiger partial charge in [-0.05, 0) is 19.8 Å². The molecule has 72 valence electrons. The quantitative estimate of drug-likeness (QED) is 0.777. The van der Waals surface area contributed by atoms with Gasteiger partial charge in [0.05, 0.1) is 6.20 Å². The lowest BCUT2D eigenvalue weighted by molar-refractivity contribution is 0.472. The van der Waals surface area contributed by atoms with Crippen LogP contribution in [0.15, 0.2) is 10.6 Å². The standard InChI is InChI=1S/C10H16N2O/c1-2-11-10-12-7-9(13-10)8-5-3-4-6-8/h7-8H,2-6H2,1H3,(H,11,12). The van der Waals surface area contributed by atoms with Gasteiger partial charge in [0.1, 0.15) is 5.76 Å². The third kappa shape index (κ3) is 1.85. The maximum absolute atomic E-state index is 5.59. The van der Waals surface area contributed by atoms with Crippen molar-refractivity contribution in [1.82, 2.24) is 4.98 Å². The molecule has 0 saturated heterocycles. The van der Waals surface area contributed by atoms with Gasteiger partial charge in [-0.2, -0.15) is 0 Å². The Kier molecular flexibility index (Phi) is 2.52. The Morgan fingerprint density at radius 3 is 3.00 bits per heavy atom. The van der Waals surface area contributed by atoms with Crippen LogP contribution in [0.25, 0.3) is 0 Å². The lowest BCUT2D eigenvalue weighted by atomic mass is 10.1. The summed E-state index contributed by atoms with van der Waals surface area (Å²) in [6.45, 7) is 2.91. The molecule has 0 radical (unpaired) electrons. The Morgan fingerprint density at radius 2 is 2.31 bits per heavy atom. The molecule has 1 aliphatic carbocycles. The third-order valence-electron chi connectivity index (χ3n) is 2.61. The van der Waals surface area contributed by atoms with Crippen molar-refractivity contribution < 1.29 is 4.42 Å². The molecule has 1 heterocycles. The smallest absolute Gasteiger partial charge is 0.294 e. The van der Waals surface area contributed by atoms with Gasteiger partial charge in [-0.15, -0.1) is 0 Å². The van der Waals surface area contributed by atoms with E-state index in [0.29, 0.717) is 11.9 Å². The monoisotopic (exact) mass is 180 g/mol. The minimum Gasteiger partial charge on any atom is -0.428 e. The fourth-order valence-electron chi connectivity index (χ4n) is 1.92. The summed E-state index contributed by atoms with van der Waals surface area (Å²) in [6, 6.07) is 0.671. The summed E-state index contributed by atoms with van der Waals surface area (Å²) in [5.41, 5.74) is 0. The minimum absolute atomic E-state index is 0.625. The maximum Gasteiger partial charge on any atom is 0.294 e. The summed E-state index contributed by atoms with van der Waals surface area (Å²) in [4.78, 5) is 4.17. The Morgan fingerprint density at radius 1 is 1.54 bits per heavy atom. The van der Waals surface area contributed by atoms with E-state index < -0.39 is 0 Å². The predicted molar refractivity (Wildman–Crippen MR) is 51.9 cm³/mol. The molecule has 0 bridgehead atoms. The van der Waals surface area contributed by atoms with Crippen molar-refractivity contribution in [2.75, 3.05) is 11.9 Å². The van der Waals surface area contributed by atoms with E-state index in [9.17, 15) is 0 Å². The first-order valence-corrected chi connectivity index (χ1v) is 5.09. The summed E-state index contributed by atoms with van der Waals surface area (Å²) in [5, 5.41) is 3.07. The number of hydrogen-bond donors (Lipinski definition) is 1. The topological polar surface area (TPSA) is 38.1 Å². The second-order valence-corrected chi connectivity index (χ2v) is 3.58. The Balaban J connectivity index is 2.03. The van der Waals surface area contributed by atoms with E-state index in [0.717, 1.165) is 12.3 Å². The molecule has 3 nitrogen and oxygen atoms in total. The van der Waals surface area contributed by atoms with Crippen LogP contribution in [0, 0.1) is 0 Å². The molecule has 0 atom stereocenters. The van der Waals surface area contributed by atoms with E-state index in [1.807, 2.05) is 13.1 Å². The normalized spacial score (nSPS) is 17.9. The molecule has 1 saturated carbocycles. The molecule has 1 aliphatic rings. The predicted octanol–water partition coefficient (Wildman–Crippen LogP) is 2.76. The highest BCUT2D eigenvalue weighted by atomic mass is 16.4. The lowest BCUT2D eigenvalue weighted by Gasteiger charge is -2.02. The third-order valence-corrected chi connectivity index (χ3v) is 2.61. The van der Waals surface area contributed by atoms with Crippen molar-refractivity contribution in [3.63, 3.8) is 0 Å². The Hall–Kier alpha value is -0.990. The van der Waals surface area contributed by atoms with Crippen molar-refractivity contribution >= 4 is 6.01 Å². The lowest BCUT2D eigenvalue weighted by Crippen LogP contribution is -1.95. The number of oxazole rings is 1. The molecular formula is C10H16N2O. The van der Waals surface area contributed by atoms with Gasteiger partial charge in [-0.1, -0.05) is 12.8 Å². The van der Waals surface area contributed by atoms with Gasteiger partial charge in [0, 0.05) is 12.5 Å². The van der Waals surface area contributed by atoms with Gasteiger partial charge in [-0.3, -0.25) is 0 Å². The van der Waals surface area contributed by atoms with Gasteiger partial charge >= 0.3 is 0 Å². The van der Waals surface area contributed by atoms with Crippen molar-refractivity contribution in [3.8, 4) is 0 Å². The number of rotatable bonds is 3. The molecule has 1 aromatic rings. The van der Waals surface area contributed by atoms with Crippen LogP contribution in [0.5, 0.6) is 0 Å². The largest absolute Gasteiger partial charge is 0.428 e. The second-order valence-electron chi connectivity index (χ2n) is 3.58. The average Bonchev–Trinajstić information content (AvgIpc) is 2.70. The van der Waals surface area contributed by atoms with Crippen LogP contribution in [-0.2, 0) is 0 Å². The average molecular weight is 180 g/mol. The number of anilines is 1. The van der Waals surface area contributed by atoms with E-state index in [-0.39, 0.29) is 0 Å². The van der Waals surface area contributed by atoms with Crippen molar-refractivity contribution in [2.45, 2.75) is 38.5 Å². The number of hydrogen-bond acceptors (Lipinski definition) is 3. The highest BCUT2D eigenvalue weighted by Gasteiger charge is 2.20. The molecule has 3 heteroatoms. The maximum atomic E-state index is 5.59. The van der Waals surface area contributed by atoms with Crippen LogP contribution in [0.2, 0.25) is 0 Å². The van der Waals surface area contributed by atoms with E-state index in [2.05, 4.69) is 10.3 Å². The van der Waals surface area contributed by atoms with Gasteiger partial charge in [0.2, 0.25) is 0 Å². The molecule has 2 rings (SSSR count). The number of aromatic nitrogens is 1. The van der Waals surface area contributed by atoms with Gasteiger partial charge in [0.15, 0.2) is 0 Å². The van der Waals surface area contributed by atoms with Gasteiger partial charge in [-0.25, -0.2) is 4.98 Å². The summed E-state index contributed by atoms with van der Waals surface area (Å²) in [5.74, 6) is 1.69. The Labute approximate surface area is 78.5 Å². The Bertz CT molecular complexity index is 264. The zero-order valence-electron chi connectivity index (χ0n) is 8.05. The molecule has 0 aromatic carbocycles. The first kappa shape index (κ1) is 8.60. The van der Waals surface area contributed by atoms with Crippen molar-refractivity contribution in [2.24, 2.45) is 0 Å². The van der Waals surface area contributed by atoms with E-state index in [4.69, 9.17) is 4.42 Å². The van der Waals surface area contributed by atoms with Crippen molar-refractivity contribution in [3.05, 3.63) is 12.0 Å². The zero-order chi connectivity index (χ0) is 9.10. The summed E-state index contributed by atoms with van der Waals surface area (Å²) in [7, 11) is 0. The summed E-state index contributed by atoms with van der Waals surface area (Å²) >= 11 is 0. The fourth-order valence-corrected chi connectivity index (χ4v) is 1.92. The van der Waals surface area contributed by atoms with Gasteiger partial charge < -0.3 is 9.73 Å². The zero-order valence-corrected chi connectivity index (χ0v) is 8.05. The summed E-state index contributed by atoms with van der Waals surface area (Å²) < 4.78 is 5.59. The van der Waals surface area contributed by atoms with E-state index >= 15 is 0 Å². The molecule has 0 spiro atoms. The number of nitrogens with one attached hydrogen (secondary N) is 1. The first-order valence-electron chi connectivity index (χ1n) is 5.09. The fraction of sp³-hybridized carbons (Fsp3) is 0.700. The van der Waals surface area contributed by atoms with Crippen LogP contribution in [0.1, 0.15) is 44.3 Å². The second kappa shape index (κ2) is 3.81. The number of nitrogens with zero attached hydrogens (tertiary/aromatic N) is 1.